The fourth-order valence-corrected chi connectivity index (χ4v) is 2.78. The molecule has 1 heterocycles. The molecular weight excluding hydrogens is 331 g/mol. The first-order chi connectivity index (χ1) is 11.7. The summed E-state index contributed by atoms with van der Waals surface area (Å²) in [5.74, 6) is 0.333. The highest BCUT2D eigenvalue weighted by molar-refractivity contribution is 5.84. The van der Waals surface area contributed by atoms with Gasteiger partial charge in [0.2, 0.25) is 0 Å². The zero-order valence-electron chi connectivity index (χ0n) is 13.6. The van der Waals surface area contributed by atoms with Crippen molar-refractivity contribution in [2.45, 2.75) is 26.1 Å². The fraction of sp³-hybridized carbons (Fsp3) is 0.211. The predicted octanol–water partition coefficient (Wildman–Crippen LogP) is 4.81. The van der Waals surface area contributed by atoms with E-state index in [9.17, 15) is 18.0 Å². The third-order valence-electron chi connectivity index (χ3n) is 4.10. The molecule has 0 fully saturated rings. The van der Waals surface area contributed by atoms with Crippen molar-refractivity contribution in [3.05, 3.63) is 69.4 Å². The van der Waals surface area contributed by atoms with Crippen molar-refractivity contribution in [3.8, 4) is 11.3 Å². The second kappa shape index (κ2) is 6.04. The van der Waals surface area contributed by atoms with Gasteiger partial charge in [0.15, 0.2) is 5.43 Å². The standard InChI is InChI=1S/C19H16F3NO2/c1-10-16(24)15-9-13(19(20,21)22)8-14(11(2)23)18(15)25-17(10)12-6-4-3-5-7-12/h3-9,11H,23H2,1-2H3/t11-/m1/s1. The summed E-state index contributed by atoms with van der Waals surface area (Å²) in [6.45, 7) is 3.09. The van der Waals surface area contributed by atoms with Gasteiger partial charge in [-0.2, -0.15) is 13.2 Å². The van der Waals surface area contributed by atoms with Crippen LogP contribution < -0.4 is 11.2 Å². The van der Waals surface area contributed by atoms with Crippen LogP contribution in [0.1, 0.15) is 29.7 Å². The van der Waals surface area contributed by atoms with Crippen LogP contribution in [0.5, 0.6) is 0 Å². The summed E-state index contributed by atoms with van der Waals surface area (Å²) in [6.07, 6.45) is -4.57. The van der Waals surface area contributed by atoms with E-state index in [-0.39, 0.29) is 22.1 Å². The molecule has 0 saturated carbocycles. The van der Waals surface area contributed by atoms with E-state index in [2.05, 4.69) is 0 Å². The number of fused-ring (bicyclic) bond motifs is 1. The molecular formula is C19H16F3NO2. The van der Waals surface area contributed by atoms with Gasteiger partial charge in [-0.1, -0.05) is 30.3 Å². The van der Waals surface area contributed by atoms with Gasteiger partial charge < -0.3 is 10.2 Å². The van der Waals surface area contributed by atoms with Gasteiger partial charge in [0.25, 0.3) is 0 Å². The molecule has 3 rings (SSSR count). The van der Waals surface area contributed by atoms with E-state index in [0.717, 1.165) is 12.1 Å². The zero-order chi connectivity index (χ0) is 18.4. The molecule has 1 aromatic heterocycles. The minimum Gasteiger partial charge on any atom is -0.455 e. The summed E-state index contributed by atoms with van der Waals surface area (Å²) >= 11 is 0. The van der Waals surface area contributed by atoms with E-state index in [0.29, 0.717) is 11.3 Å². The first kappa shape index (κ1) is 17.2. The SMILES string of the molecule is Cc1c(-c2ccccc2)oc2c([C@@H](C)N)cc(C(F)(F)F)cc2c1=O. The monoisotopic (exact) mass is 347 g/mol. The first-order valence-electron chi connectivity index (χ1n) is 7.69. The van der Waals surface area contributed by atoms with Gasteiger partial charge >= 0.3 is 6.18 Å². The second-order valence-electron chi connectivity index (χ2n) is 5.98. The van der Waals surface area contributed by atoms with Crippen LogP contribution in [-0.2, 0) is 6.18 Å². The van der Waals surface area contributed by atoms with Crippen LogP contribution in [0, 0.1) is 6.92 Å². The molecule has 3 nitrogen and oxygen atoms in total. The molecule has 0 radical (unpaired) electrons. The fourth-order valence-electron chi connectivity index (χ4n) is 2.78. The Kier molecular flexibility index (Phi) is 4.16. The summed E-state index contributed by atoms with van der Waals surface area (Å²) < 4.78 is 45.4. The van der Waals surface area contributed by atoms with Crippen LogP contribution in [0.15, 0.2) is 51.7 Å². The Morgan fingerprint density at radius 2 is 1.76 bits per heavy atom. The molecule has 6 heteroatoms. The normalized spacial score (nSPS) is 13.2. The first-order valence-corrected chi connectivity index (χ1v) is 7.69. The summed E-state index contributed by atoms with van der Waals surface area (Å²) in [4.78, 5) is 12.7. The lowest BCUT2D eigenvalue weighted by molar-refractivity contribution is -0.137. The summed E-state index contributed by atoms with van der Waals surface area (Å²) in [7, 11) is 0. The van der Waals surface area contributed by atoms with E-state index < -0.39 is 23.2 Å². The molecule has 3 aromatic rings. The van der Waals surface area contributed by atoms with E-state index >= 15 is 0 Å². The summed E-state index contributed by atoms with van der Waals surface area (Å²) in [5, 5.41) is -0.112. The molecule has 2 N–H and O–H groups in total. The van der Waals surface area contributed by atoms with E-state index in [1.807, 2.05) is 6.07 Å². The molecule has 0 spiro atoms. The number of alkyl halides is 3. The summed E-state index contributed by atoms with van der Waals surface area (Å²) in [6, 6.07) is 9.99. The van der Waals surface area contributed by atoms with Crippen molar-refractivity contribution >= 4 is 11.0 Å². The maximum Gasteiger partial charge on any atom is 0.416 e. The van der Waals surface area contributed by atoms with Crippen LogP contribution in [-0.4, -0.2) is 0 Å². The van der Waals surface area contributed by atoms with Crippen LogP contribution in [0.25, 0.3) is 22.3 Å². The van der Waals surface area contributed by atoms with Crippen molar-refractivity contribution in [2.24, 2.45) is 5.73 Å². The van der Waals surface area contributed by atoms with Crippen molar-refractivity contribution in [1.29, 1.82) is 0 Å². The molecule has 0 bridgehead atoms. The lowest BCUT2D eigenvalue weighted by atomic mass is 9.98. The Morgan fingerprint density at radius 1 is 1.12 bits per heavy atom. The Morgan fingerprint density at radius 3 is 2.32 bits per heavy atom. The molecule has 25 heavy (non-hydrogen) atoms. The molecule has 0 unspecified atom stereocenters. The highest BCUT2D eigenvalue weighted by atomic mass is 19.4. The Bertz CT molecular complexity index is 989. The van der Waals surface area contributed by atoms with Crippen LogP contribution in [0.2, 0.25) is 0 Å². The maximum absolute atomic E-state index is 13.2. The highest BCUT2D eigenvalue weighted by Gasteiger charge is 2.32. The van der Waals surface area contributed by atoms with E-state index in [1.165, 1.54) is 0 Å². The predicted molar refractivity (Wildman–Crippen MR) is 90.3 cm³/mol. The van der Waals surface area contributed by atoms with Gasteiger partial charge in [0.1, 0.15) is 11.3 Å². The van der Waals surface area contributed by atoms with Crippen LogP contribution >= 0.6 is 0 Å². The van der Waals surface area contributed by atoms with Crippen molar-refractivity contribution in [3.63, 3.8) is 0 Å². The molecule has 130 valence electrons. The molecule has 0 aliphatic heterocycles. The number of benzene rings is 2. The quantitative estimate of drug-likeness (QED) is 0.724. The largest absolute Gasteiger partial charge is 0.455 e. The molecule has 0 saturated heterocycles. The van der Waals surface area contributed by atoms with Gasteiger partial charge in [0, 0.05) is 22.7 Å². The van der Waals surface area contributed by atoms with Crippen molar-refractivity contribution < 1.29 is 17.6 Å². The Balaban J connectivity index is 2.42. The van der Waals surface area contributed by atoms with E-state index in [4.69, 9.17) is 10.2 Å². The molecule has 0 aliphatic rings. The van der Waals surface area contributed by atoms with Crippen LogP contribution in [0.4, 0.5) is 13.2 Å². The number of rotatable bonds is 2. The van der Waals surface area contributed by atoms with Crippen LogP contribution in [0.3, 0.4) is 0 Å². The number of hydrogen-bond donors (Lipinski definition) is 1. The molecule has 0 amide bonds. The van der Waals surface area contributed by atoms with Gasteiger partial charge in [-0.25, -0.2) is 0 Å². The van der Waals surface area contributed by atoms with Gasteiger partial charge in [-0.15, -0.1) is 0 Å². The number of nitrogens with two attached hydrogens (primary N) is 1. The maximum atomic E-state index is 13.2. The third kappa shape index (κ3) is 3.05. The highest BCUT2D eigenvalue weighted by Crippen LogP contribution is 2.36. The number of halogens is 3. The molecule has 0 aliphatic carbocycles. The van der Waals surface area contributed by atoms with Gasteiger partial charge in [-0.05, 0) is 26.0 Å². The zero-order valence-corrected chi connectivity index (χ0v) is 13.6. The second-order valence-corrected chi connectivity index (χ2v) is 5.98. The van der Waals surface area contributed by atoms with Gasteiger partial charge in [-0.3, -0.25) is 4.79 Å². The van der Waals surface area contributed by atoms with Crippen molar-refractivity contribution in [2.75, 3.05) is 0 Å². The Labute approximate surface area is 141 Å². The third-order valence-corrected chi connectivity index (χ3v) is 4.10. The lowest BCUT2D eigenvalue weighted by Crippen LogP contribution is -2.15. The van der Waals surface area contributed by atoms with Crippen molar-refractivity contribution in [1.82, 2.24) is 0 Å². The Hall–Kier alpha value is -2.60. The topological polar surface area (TPSA) is 56.2 Å². The summed E-state index contributed by atoms with van der Waals surface area (Å²) in [5.41, 5.74) is 5.62. The van der Waals surface area contributed by atoms with Gasteiger partial charge in [0.05, 0.1) is 10.9 Å². The minimum absolute atomic E-state index is 0.0949. The molecule has 1 atom stereocenters. The molecule has 2 aromatic carbocycles. The lowest BCUT2D eigenvalue weighted by Gasteiger charge is -2.15. The van der Waals surface area contributed by atoms with E-state index in [1.54, 1.807) is 38.1 Å². The smallest absolute Gasteiger partial charge is 0.416 e. The average molecular weight is 347 g/mol. The minimum atomic E-state index is -4.57. The number of hydrogen-bond acceptors (Lipinski definition) is 3. The average Bonchev–Trinajstić information content (AvgIpc) is 2.57.